The number of aryl methyl sites for hydroxylation is 1. The van der Waals surface area contributed by atoms with Crippen molar-refractivity contribution in [3.8, 4) is 0 Å². The van der Waals surface area contributed by atoms with Crippen molar-refractivity contribution < 1.29 is 22.7 Å². The van der Waals surface area contributed by atoms with Crippen LogP contribution in [0.2, 0.25) is 0 Å². The number of unbranched alkanes of at least 4 members (excludes halogenated alkanes) is 1. The van der Waals surface area contributed by atoms with E-state index in [0.717, 1.165) is 45.2 Å². The molecule has 0 aromatic heterocycles. The van der Waals surface area contributed by atoms with Crippen molar-refractivity contribution in [3.63, 3.8) is 0 Å². The van der Waals surface area contributed by atoms with Crippen molar-refractivity contribution >= 4 is 21.7 Å². The van der Waals surface area contributed by atoms with Crippen LogP contribution in [0.1, 0.15) is 81.6 Å². The second-order valence-electron chi connectivity index (χ2n) is 10.0. The van der Waals surface area contributed by atoms with E-state index >= 15 is 0 Å². The number of benzene rings is 1. The molecule has 1 aliphatic heterocycles. The summed E-state index contributed by atoms with van der Waals surface area (Å²) < 4.78 is 27.8. The Balaban J connectivity index is 1.63. The van der Waals surface area contributed by atoms with E-state index in [1.807, 2.05) is 49.9 Å². The Morgan fingerprint density at radius 3 is 2.22 bits per heavy atom. The van der Waals surface area contributed by atoms with E-state index in [1.165, 1.54) is 18.2 Å². The molecule has 2 rings (SSSR count). The van der Waals surface area contributed by atoms with Crippen LogP contribution in [-0.2, 0) is 21.0 Å². The van der Waals surface area contributed by atoms with Gasteiger partial charge in [0.25, 0.3) is 0 Å². The van der Waals surface area contributed by atoms with Gasteiger partial charge in [-0.25, -0.2) is 13.2 Å². The zero-order valence-electron chi connectivity index (χ0n) is 20.1. The summed E-state index contributed by atoms with van der Waals surface area (Å²) in [5.41, 5.74) is 1.42. The predicted molar refractivity (Wildman–Crippen MR) is 128 cm³/mol. The molecular formula is C25H39NO5S. The van der Waals surface area contributed by atoms with Gasteiger partial charge in [-0.05, 0) is 64.4 Å². The third-order valence-electron chi connectivity index (χ3n) is 5.79. The molecule has 0 aliphatic carbocycles. The molecule has 1 fully saturated rings. The second-order valence-corrected chi connectivity index (χ2v) is 12.3. The second kappa shape index (κ2) is 11.8. The largest absolute Gasteiger partial charge is 0.444 e. The van der Waals surface area contributed by atoms with Crippen LogP contribution in [0.3, 0.4) is 0 Å². The summed E-state index contributed by atoms with van der Waals surface area (Å²) in [4.78, 5) is 26.2. The number of sulfone groups is 1. The van der Waals surface area contributed by atoms with E-state index in [4.69, 9.17) is 4.74 Å². The van der Waals surface area contributed by atoms with Gasteiger partial charge in [-0.3, -0.25) is 4.79 Å². The minimum absolute atomic E-state index is 0.00192. The third-order valence-corrected chi connectivity index (χ3v) is 6.82. The standard InChI is InChI=1S/C25H39NO5S/c1-25(2,3)31-24(28)26-17-15-21(16-18-26)9-6-5-8-20-11-13-22(14-12-20)23(27)10-7-19-32(4,29)30/h11-14,21H,5-10,15-19H2,1-4H3. The highest BCUT2D eigenvalue weighted by Crippen LogP contribution is 2.24. The lowest BCUT2D eigenvalue weighted by molar-refractivity contribution is 0.0180. The molecule has 0 saturated carbocycles. The van der Waals surface area contributed by atoms with Crippen molar-refractivity contribution in [2.75, 3.05) is 25.1 Å². The number of amides is 1. The molecule has 1 saturated heterocycles. The first kappa shape index (κ1) is 26.4. The van der Waals surface area contributed by atoms with Crippen LogP contribution in [0.5, 0.6) is 0 Å². The summed E-state index contributed by atoms with van der Waals surface area (Å²) in [6.45, 7) is 7.24. The highest BCUT2D eigenvalue weighted by atomic mass is 32.2. The van der Waals surface area contributed by atoms with Crippen molar-refractivity contribution in [1.82, 2.24) is 4.90 Å². The van der Waals surface area contributed by atoms with Gasteiger partial charge >= 0.3 is 6.09 Å². The van der Waals surface area contributed by atoms with E-state index in [-0.39, 0.29) is 24.1 Å². The molecule has 7 heteroatoms. The molecule has 1 heterocycles. The molecule has 0 N–H and O–H groups in total. The van der Waals surface area contributed by atoms with Gasteiger partial charge in [0.15, 0.2) is 5.78 Å². The maximum absolute atomic E-state index is 12.2. The number of hydrogen-bond donors (Lipinski definition) is 0. The molecule has 180 valence electrons. The van der Waals surface area contributed by atoms with Crippen LogP contribution in [-0.4, -0.2) is 55.9 Å². The van der Waals surface area contributed by atoms with Crippen molar-refractivity contribution in [3.05, 3.63) is 35.4 Å². The predicted octanol–water partition coefficient (Wildman–Crippen LogP) is 5.05. The summed E-state index contributed by atoms with van der Waals surface area (Å²) in [6, 6.07) is 7.71. The van der Waals surface area contributed by atoms with E-state index in [2.05, 4.69) is 0 Å². The van der Waals surface area contributed by atoms with Crippen molar-refractivity contribution in [2.45, 2.75) is 77.7 Å². The molecule has 1 aliphatic rings. The number of piperidine rings is 1. The number of Topliss-reactive ketones (excluding diaryl/α,β-unsaturated/α-hetero) is 1. The van der Waals surface area contributed by atoms with E-state index < -0.39 is 15.4 Å². The molecule has 1 aromatic carbocycles. The molecule has 32 heavy (non-hydrogen) atoms. The first-order valence-electron chi connectivity index (χ1n) is 11.7. The van der Waals surface area contributed by atoms with Gasteiger partial charge in [0.2, 0.25) is 0 Å². The first-order valence-corrected chi connectivity index (χ1v) is 13.8. The first-order chi connectivity index (χ1) is 14.9. The molecule has 0 bridgehead atoms. The van der Waals surface area contributed by atoms with E-state index in [9.17, 15) is 18.0 Å². The lowest BCUT2D eigenvalue weighted by atomic mass is 9.91. The summed E-state index contributed by atoms with van der Waals surface area (Å²) in [5.74, 6) is 0.718. The normalized spacial score (nSPS) is 15.6. The van der Waals surface area contributed by atoms with Crippen molar-refractivity contribution in [1.29, 1.82) is 0 Å². The monoisotopic (exact) mass is 465 g/mol. The molecule has 6 nitrogen and oxygen atoms in total. The van der Waals surface area contributed by atoms with Gasteiger partial charge < -0.3 is 9.64 Å². The van der Waals surface area contributed by atoms with E-state index in [0.29, 0.717) is 17.9 Å². The number of carbonyl (C=O) groups excluding carboxylic acids is 2. The Kier molecular flexibility index (Phi) is 9.74. The van der Waals surface area contributed by atoms with Crippen LogP contribution in [0.4, 0.5) is 4.79 Å². The lowest BCUT2D eigenvalue weighted by Gasteiger charge is -2.33. The Morgan fingerprint density at radius 2 is 1.66 bits per heavy atom. The average molecular weight is 466 g/mol. The quantitative estimate of drug-likeness (QED) is 0.357. The topological polar surface area (TPSA) is 80.8 Å². The number of rotatable bonds is 10. The Labute approximate surface area is 193 Å². The van der Waals surface area contributed by atoms with Gasteiger partial charge in [0.05, 0.1) is 5.75 Å². The van der Waals surface area contributed by atoms with Gasteiger partial charge in [0.1, 0.15) is 15.4 Å². The number of hydrogen-bond acceptors (Lipinski definition) is 5. The maximum Gasteiger partial charge on any atom is 0.410 e. The van der Waals surface area contributed by atoms with Crippen LogP contribution < -0.4 is 0 Å². The summed E-state index contributed by atoms with van der Waals surface area (Å²) in [5, 5.41) is 0. The summed E-state index contributed by atoms with van der Waals surface area (Å²) >= 11 is 0. The zero-order chi connectivity index (χ0) is 23.8. The highest BCUT2D eigenvalue weighted by molar-refractivity contribution is 7.90. The minimum Gasteiger partial charge on any atom is -0.444 e. The zero-order valence-corrected chi connectivity index (χ0v) is 20.9. The highest BCUT2D eigenvalue weighted by Gasteiger charge is 2.26. The summed E-state index contributed by atoms with van der Waals surface area (Å²) in [7, 11) is -3.02. The Hall–Kier alpha value is -1.89. The fourth-order valence-electron chi connectivity index (χ4n) is 3.99. The van der Waals surface area contributed by atoms with Crippen LogP contribution in [0.15, 0.2) is 24.3 Å². The van der Waals surface area contributed by atoms with Gasteiger partial charge in [-0.2, -0.15) is 0 Å². The maximum atomic E-state index is 12.2. The Morgan fingerprint density at radius 1 is 1.03 bits per heavy atom. The lowest BCUT2D eigenvalue weighted by Crippen LogP contribution is -2.41. The number of likely N-dealkylation sites (tertiary alicyclic amines) is 1. The molecule has 0 radical (unpaired) electrons. The molecule has 0 spiro atoms. The van der Waals surface area contributed by atoms with E-state index in [1.54, 1.807) is 0 Å². The van der Waals surface area contributed by atoms with Crippen molar-refractivity contribution in [2.24, 2.45) is 5.92 Å². The van der Waals surface area contributed by atoms with Gasteiger partial charge in [-0.1, -0.05) is 37.1 Å². The molecule has 1 amide bonds. The number of ether oxygens (including phenoxy) is 1. The van der Waals surface area contributed by atoms with Crippen LogP contribution >= 0.6 is 0 Å². The smallest absolute Gasteiger partial charge is 0.410 e. The SMILES string of the molecule is CC(C)(C)OC(=O)N1CCC(CCCCc2ccc(C(=O)CCCS(C)(=O)=O)cc2)CC1. The third kappa shape index (κ3) is 10.2. The minimum atomic E-state index is -3.02. The van der Waals surface area contributed by atoms with Crippen LogP contribution in [0.25, 0.3) is 0 Å². The van der Waals surface area contributed by atoms with Gasteiger partial charge in [-0.15, -0.1) is 0 Å². The number of carbonyl (C=O) groups is 2. The average Bonchev–Trinajstić information content (AvgIpc) is 2.70. The fourth-order valence-corrected chi connectivity index (χ4v) is 4.66. The number of ketones is 1. The number of nitrogens with zero attached hydrogens (tertiary/aromatic N) is 1. The Bertz CT molecular complexity index is 847. The molecule has 1 aromatic rings. The summed E-state index contributed by atoms with van der Waals surface area (Å²) in [6.07, 6.45) is 8.13. The molecular weight excluding hydrogens is 426 g/mol. The molecule has 0 atom stereocenters. The van der Waals surface area contributed by atoms with Crippen LogP contribution in [0, 0.1) is 5.92 Å². The fraction of sp³-hybridized carbons (Fsp3) is 0.680. The molecule has 0 unspecified atom stereocenters. The van der Waals surface area contributed by atoms with Gasteiger partial charge in [0, 0.05) is 31.3 Å².